The molecule has 0 atom stereocenters. The van der Waals surface area contributed by atoms with E-state index in [2.05, 4.69) is 207 Å². The van der Waals surface area contributed by atoms with Crippen LogP contribution in [0, 0.1) is 13.8 Å². The minimum absolute atomic E-state index is 0.464. The summed E-state index contributed by atoms with van der Waals surface area (Å²) in [6, 6.07) is 66.3. The van der Waals surface area contributed by atoms with Gasteiger partial charge in [0.05, 0.1) is 0 Å². The Bertz CT molecular complexity index is 3080. The first-order valence-corrected chi connectivity index (χ1v) is 24.3. The van der Waals surface area contributed by atoms with E-state index in [9.17, 15) is 9.59 Å². The standard InChI is InChI=1S/C62H48N2O4S2/c1-5-61(65)67-55-33-29-53(30-34-55)63(49-21-7-43(3)8-22-49)51-25-17-47(18-26-51)59-41-39-57(69-59)37-15-45-11-13-46(14-12-45)16-38-58-40-42-60(70-58)48-19-27-52(28-20-48)64(50-23-9-44(4)10-24-50)54-31-35-56(36-32-54)68-62(66)6-2/h5-42H,1-2H2,3-4H3/b37-15-,38-16?. The van der Waals surface area contributed by atoms with Crippen LogP contribution in [-0.4, -0.2) is 11.9 Å². The molecule has 0 N–H and O–H groups in total. The quantitative estimate of drug-likeness (QED) is 0.0546. The lowest BCUT2D eigenvalue weighted by Crippen LogP contribution is -2.10. The van der Waals surface area contributed by atoms with Gasteiger partial charge in [0.15, 0.2) is 0 Å². The Morgan fingerprint density at radius 3 is 1.00 bits per heavy atom. The average molecular weight is 949 g/mol. The SMILES string of the molecule is C=CC(=O)Oc1ccc(N(c2ccc(C)cc2)c2ccc(-c3ccc(C=Cc4ccc(/C=C\c5ccc(-c6ccc(N(c7ccc(C)cc7)c7ccc(OC(=O)C=C)cc7)cc6)s5)cc4)s3)cc2)cc1. The van der Waals surface area contributed by atoms with Gasteiger partial charge in [-0.2, -0.15) is 0 Å². The van der Waals surface area contributed by atoms with E-state index in [1.165, 1.54) is 30.6 Å². The summed E-state index contributed by atoms with van der Waals surface area (Å²) < 4.78 is 10.6. The van der Waals surface area contributed by atoms with E-state index < -0.39 is 11.9 Å². The molecule has 0 unspecified atom stereocenters. The van der Waals surface area contributed by atoms with Crippen LogP contribution in [0.5, 0.6) is 11.5 Å². The summed E-state index contributed by atoms with van der Waals surface area (Å²) in [6.45, 7) is 11.1. The van der Waals surface area contributed by atoms with Crippen LogP contribution in [-0.2, 0) is 9.59 Å². The molecule has 0 fully saturated rings. The van der Waals surface area contributed by atoms with Gasteiger partial charge in [-0.25, -0.2) is 9.59 Å². The largest absolute Gasteiger partial charge is 0.423 e. The van der Waals surface area contributed by atoms with E-state index in [4.69, 9.17) is 9.47 Å². The van der Waals surface area contributed by atoms with Crippen molar-refractivity contribution in [1.82, 2.24) is 0 Å². The van der Waals surface area contributed by atoms with E-state index >= 15 is 0 Å². The van der Waals surface area contributed by atoms with Crippen molar-refractivity contribution in [3.8, 4) is 32.4 Å². The summed E-state index contributed by atoms with van der Waals surface area (Å²) in [6.07, 6.45) is 11.0. The van der Waals surface area contributed by atoms with Crippen LogP contribution in [0.1, 0.15) is 32.0 Å². The third-order valence-corrected chi connectivity index (χ3v) is 13.6. The van der Waals surface area contributed by atoms with Gasteiger partial charge in [0.25, 0.3) is 0 Å². The first kappa shape index (κ1) is 46.5. The van der Waals surface area contributed by atoms with Gasteiger partial charge in [-0.1, -0.05) is 109 Å². The zero-order valence-electron chi connectivity index (χ0n) is 38.7. The minimum atomic E-state index is -0.489. The van der Waals surface area contributed by atoms with E-state index in [0.29, 0.717) is 11.5 Å². The molecule has 2 aromatic heterocycles. The molecule has 0 bridgehead atoms. The first-order valence-electron chi connectivity index (χ1n) is 22.7. The van der Waals surface area contributed by atoms with Crippen molar-refractivity contribution in [2.24, 2.45) is 0 Å². The lowest BCUT2D eigenvalue weighted by molar-refractivity contribution is -0.129. The Hall–Kier alpha value is -8.56. The average Bonchev–Trinajstić information content (AvgIpc) is 4.09. The zero-order valence-corrected chi connectivity index (χ0v) is 40.3. The Morgan fingerprint density at radius 1 is 0.386 bits per heavy atom. The minimum Gasteiger partial charge on any atom is -0.423 e. The Morgan fingerprint density at radius 2 is 0.686 bits per heavy atom. The van der Waals surface area contributed by atoms with Gasteiger partial charge in [-0.15, -0.1) is 22.7 Å². The van der Waals surface area contributed by atoms with Crippen LogP contribution in [0.2, 0.25) is 0 Å². The maximum Gasteiger partial charge on any atom is 0.335 e. The Balaban J connectivity index is 0.828. The van der Waals surface area contributed by atoms with Crippen molar-refractivity contribution in [3.63, 3.8) is 0 Å². The smallest absolute Gasteiger partial charge is 0.335 e. The first-order chi connectivity index (χ1) is 34.2. The van der Waals surface area contributed by atoms with Crippen LogP contribution in [0.3, 0.4) is 0 Å². The van der Waals surface area contributed by atoms with Crippen molar-refractivity contribution < 1.29 is 19.1 Å². The van der Waals surface area contributed by atoms with E-state index in [-0.39, 0.29) is 0 Å². The van der Waals surface area contributed by atoms with Gasteiger partial charge in [-0.3, -0.25) is 0 Å². The van der Waals surface area contributed by atoms with Crippen LogP contribution in [0.4, 0.5) is 34.1 Å². The highest BCUT2D eigenvalue weighted by Crippen LogP contribution is 2.40. The molecule has 0 radical (unpaired) electrons. The van der Waals surface area contributed by atoms with Crippen molar-refractivity contribution in [3.05, 3.63) is 251 Å². The normalized spacial score (nSPS) is 11.1. The molecule has 0 spiro atoms. The topological polar surface area (TPSA) is 59.1 Å². The number of aryl methyl sites for hydroxylation is 2. The molecule has 6 nitrogen and oxygen atoms in total. The summed E-state index contributed by atoms with van der Waals surface area (Å²) in [7, 11) is 0. The molecule has 0 aliphatic rings. The number of rotatable bonds is 16. The zero-order chi connectivity index (χ0) is 48.4. The predicted molar refractivity (Wildman–Crippen MR) is 294 cm³/mol. The predicted octanol–water partition coefficient (Wildman–Crippen LogP) is 17.2. The molecule has 9 aromatic rings. The second-order valence-corrected chi connectivity index (χ2v) is 18.6. The van der Waals surface area contributed by atoms with Crippen molar-refractivity contribution in [1.29, 1.82) is 0 Å². The number of hydrogen-bond acceptors (Lipinski definition) is 8. The Kier molecular flexibility index (Phi) is 14.4. The number of ether oxygens (including phenoxy) is 2. The molecule has 8 heteroatoms. The second-order valence-electron chi connectivity index (χ2n) is 16.4. The van der Waals surface area contributed by atoms with Gasteiger partial charge >= 0.3 is 11.9 Å². The summed E-state index contributed by atoms with van der Waals surface area (Å²) >= 11 is 3.52. The van der Waals surface area contributed by atoms with E-state index in [0.717, 1.165) is 68.5 Å². The number of carbonyl (C=O) groups excluding carboxylic acids is 2. The van der Waals surface area contributed by atoms with Gasteiger partial charge in [-0.05, 0) is 170 Å². The lowest BCUT2D eigenvalue weighted by atomic mass is 10.1. The fraction of sp³-hybridized carbons (Fsp3) is 0.0323. The molecule has 7 aromatic carbocycles. The molecular formula is C62H48N2O4S2. The number of thiophene rings is 2. The molecule has 0 saturated heterocycles. The highest BCUT2D eigenvalue weighted by molar-refractivity contribution is 7.16. The van der Waals surface area contributed by atoms with Crippen LogP contribution < -0.4 is 19.3 Å². The monoisotopic (exact) mass is 948 g/mol. The van der Waals surface area contributed by atoms with E-state index in [1.807, 2.05) is 24.3 Å². The van der Waals surface area contributed by atoms with Crippen molar-refractivity contribution in [2.75, 3.05) is 9.80 Å². The molecule has 0 aliphatic heterocycles. The second kappa shape index (κ2) is 21.6. The molecule has 70 heavy (non-hydrogen) atoms. The fourth-order valence-electron chi connectivity index (χ4n) is 7.74. The molecular weight excluding hydrogens is 901 g/mol. The molecule has 9 rings (SSSR count). The van der Waals surface area contributed by atoms with Gasteiger partial charge in [0.1, 0.15) is 11.5 Å². The number of benzene rings is 7. The number of carbonyl (C=O) groups is 2. The molecule has 342 valence electrons. The summed E-state index contributed by atoms with van der Waals surface area (Å²) in [5.74, 6) is -0.0509. The molecule has 0 aliphatic carbocycles. The van der Waals surface area contributed by atoms with Crippen molar-refractivity contribution in [2.45, 2.75) is 13.8 Å². The summed E-state index contributed by atoms with van der Waals surface area (Å²) in [5, 5.41) is 0. The van der Waals surface area contributed by atoms with Gasteiger partial charge in [0, 0.05) is 65.8 Å². The third kappa shape index (κ3) is 11.4. The highest BCUT2D eigenvalue weighted by Gasteiger charge is 2.16. The Labute approximate surface area is 417 Å². The number of hydrogen-bond donors (Lipinski definition) is 0. The van der Waals surface area contributed by atoms with Gasteiger partial charge in [0.2, 0.25) is 0 Å². The van der Waals surface area contributed by atoms with Crippen LogP contribution in [0.25, 0.3) is 45.2 Å². The lowest BCUT2D eigenvalue weighted by Gasteiger charge is -2.26. The summed E-state index contributed by atoms with van der Waals surface area (Å²) in [5.41, 5.74) is 12.9. The maximum atomic E-state index is 11.7. The molecule has 2 heterocycles. The number of nitrogens with zero attached hydrogens (tertiary/aromatic N) is 2. The maximum absolute atomic E-state index is 11.7. The summed E-state index contributed by atoms with van der Waals surface area (Å²) in [4.78, 5) is 32.6. The van der Waals surface area contributed by atoms with Crippen LogP contribution in [0.15, 0.2) is 219 Å². The molecule has 0 amide bonds. The number of esters is 2. The highest BCUT2D eigenvalue weighted by atomic mass is 32.1. The molecule has 0 saturated carbocycles. The van der Waals surface area contributed by atoms with Crippen LogP contribution >= 0.6 is 22.7 Å². The number of anilines is 6. The van der Waals surface area contributed by atoms with Gasteiger partial charge < -0.3 is 19.3 Å². The fourth-order valence-corrected chi connectivity index (χ4v) is 9.58. The van der Waals surface area contributed by atoms with E-state index in [1.54, 1.807) is 46.9 Å². The third-order valence-electron chi connectivity index (χ3n) is 11.4. The van der Waals surface area contributed by atoms with Crippen molar-refractivity contribution >= 4 is 93.0 Å².